The van der Waals surface area contributed by atoms with Crippen LogP contribution < -0.4 is 10.2 Å². The first kappa shape index (κ1) is 23.4. The van der Waals surface area contributed by atoms with E-state index in [2.05, 4.69) is 20.5 Å². The zero-order chi connectivity index (χ0) is 24.5. The third kappa shape index (κ3) is 4.53. The molecule has 1 N–H and O–H groups in total. The number of benzene rings is 2. The predicted molar refractivity (Wildman–Crippen MR) is 134 cm³/mol. The minimum atomic E-state index is -0.627. The first-order valence-electron chi connectivity index (χ1n) is 11.7. The van der Waals surface area contributed by atoms with E-state index in [-0.39, 0.29) is 17.4 Å². The van der Waals surface area contributed by atoms with E-state index < -0.39 is 11.7 Å². The molecule has 0 aliphatic carbocycles. The number of nitrogens with one attached hydrogen (secondary N) is 1. The smallest absolute Gasteiger partial charge is 0.262 e. The van der Waals surface area contributed by atoms with Crippen molar-refractivity contribution in [3.05, 3.63) is 70.4 Å². The second kappa shape index (κ2) is 9.75. The summed E-state index contributed by atoms with van der Waals surface area (Å²) in [6.07, 6.45) is 3.95. The van der Waals surface area contributed by atoms with Gasteiger partial charge in [-0.1, -0.05) is 24.3 Å². The van der Waals surface area contributed by atoms with Crippen LogP contribution in [-0.4, -0.2) is 40.2 Å². The molecular weight excluding hydrogens is 468 g/mol. The van der Waals surface area contributed by atoms with Crippen molar-refractivity contribution in [3.8, 4) is 10.6 Å². The monoisotopic (exact) mass is 493 g/mol. The molecule has 180 valence electrons. The number of aromatic nitrogens is 3. The van der Waals surface area contributed by atoms with Gasteiger partial charge in [0.05, 0.1) is 11.6 Å². The molecule has 1 amide bonds. The second-order valence-electron chi connectivity index (χ2n) is 8.68. The van der Waals surface area contributed by atoms with Crippen LogP contribution in [-0.2, 0) is 6.42 Å². The van der Waals surface area contributed by atoms with Crippen LogP contribution in [0.3, 0.4) is 0 Å². The summed E-state index contributed by atoms with van der Waals surface area (Å²) in [5.74, 6) is -1.04. The molecule has 0 spiro atoms. The fraction of sp³-hybridized carbons (Fsp3) is 0.308. The van der Waals surface area contributed by atoms with E-state index in [0.717, 1.165) is 30.8 Å². The topological polar surface area (TPSA) is 71.0 Å². The maximum atomic E-state index is 15.4. The van der Waals surface area contributed by atoms with Crippen LogP contribution in [0.1, 0.15) is 40.7 Å². The molecule has 2 aromatic carbocycles. The number of piperidine rings is 1. The third-order valence-electron chi connectivity index (χ3n) is 6.30. The Labute approximate surface area is 206 Å². The molecule has 3 heterocycles. The number of anilines is 1. The number of aryl methyl sites for hydroxylation is 2. The van der Waals surface area contributed by atoms with Crippen LogP contribution in [0, 0.1) is 18.6 Å². The minimum absolute atomic E-state index is 0.0434. The van der Waals surface area contributed by atoms with Crippen LogP contribution in [0.25, 0.3) is 21.3 Å². The van der Waals surface area contributed by atoms with Crippen molar-refractivity contribution >= 4 is 33.8 Å². The Morgan fingerprint density at radius 3 is 2.77 bits per heavy atom. The number of hydrogen-bond acceptors (Lipinski definition) is 6. The Bertz CT molecular complexity index is 1400. The highest BCUT2D eigenvalue weighted by molar-refractivity contribution is 7.14. The number of halogens is 2. The van der Waals surface area contributed by atoms with E-state index in [4.69, 9.17) is 0 Å². The van der Waals surface area contributed by atoms with E-state index in [0.29, 0.717) is 39.3 Å². The maximum absolute atomic E-state index is 15.4. The number of rotatable bonds is 5. The molecule has 2 aromatic heterocycles. The maximum Gasteiger partial charge on any atom is 0.262 e. The normalized spacial score (nSPS) is 15.9. The van der Waals surface area contributed by atoms with Gasteiger partial charge in [-0.2, -0.15) is 0 Å². The van der Waals surface area contributed by atoms with Crippen LogP contribution in [0.15, 0.2) is 42.6 Å². The number of fused-ring (bicyclic) bond motifs is 1. The Hall–Kier alpha value is -3.30. The summed E-state index contributed by atoms with van der Waals surface area (Å²) in [5.41, 5.74) is 1.21. The van der Waals surface area contributed by atoms with Gasteiger partial charge in [0.2, 0.25) is 0 Å². The summed E-state index contributed by atoms with van der Waals surface area (Å²) in [5, 5.41) is 14.4. The molecule has 5 rings (SSSR count). The molecule has 6 nitrogen and oxygen atoms in total. The Balaban J connectivity index is 1.59. The van der Waals surface area contributed by atoms with Crippen molar-refractivity contribution in [1.82, 2.24) is 20.5 Å². The van der Waals surface area contributed by atoms with E-state index in [1.165, 1.54) is 35.6 Å². The van der Waals surface area contributed by atoms with Crippen LogP contribution in [0.4, 0.5) is 14.6 Å². The molecule has 1 aliphatic heterocycles. The van der Waals surface area contributed by atoms with Crippen LogP contribution in [0.5, 0.6) is 0 Å². The summed E-state index contributed by atoms with van der Waals surface area (Å²) in [6.45, 7) is 5.20. The lowest BCUT2D eigenvalue weighted by molar-refractivity contribution is 0.0968. The number of amides is 1. The van der Waals surface area contributed by atoms with Crippen LogP contribution in [0.2, 0.25) is 0 Å². The molecule has 35 heavy (non-hydrogen) atoms. The summed E-state index contributed by atoms with van der Waals surface area (Å²) in [6, 6.07) is 8.90. The molecule has 1 saturated heterocycles. The van der Waals surface area contributed by atoms with Gasteiger partial charge in [-0.15, -0.1) is 10.2 Å². The van der Waals surface area contributed by atoms with E-state index >= 15 is 4.39 Å². The Morgan fingerprint density at radius 2 is 2.06 bits per heavy atom. The van der Waals surface area contributed by atoms with E-state index in [1.54, 1.807) is 30.2 Å². The lowest BCUT2D eigenvalue weighted by Gasteiger charge is -2.35. The van der Waals surface area contributed by atoms with Gasteiger partial charge in [0, 0.05) is 23.7 Å². The zero-order valence-corrected chi connectivity index (χ0v) is 20.3. The van der Waals surface area contributed by atoms with Crippen molar-refractivity contribution < 1.29 is 13.6 Å². The predicted octanol–water partition coefficient (Wildman–Crippen LogP) is 5.30. The second-order valence-corrected chi connectivity index (χ2v) is 9.74. The molecule has 1 aliphatic rings. The van der Waals surface area contributed by atoms with Gasteiger partial charge in [0.1, 0.15) is 27.5 Å². The number of carbonyl (C=O) groups excluding carboxylic acids is 1. The molecule has 0 saturated carbocycles. The summed E-state index contributed by atoms with van der Waals surface area (Å²) in [7, 11) is 0. The minimum Gasteiger partial charge on any atom is -0.315 e. The molecule has 1 fully saturated rings. The van der Waals surface area contributed by atoms with Gasteiger partial charge in [0.15, 0.2) is 0 Å². The van der Waals surface area contributed by atoms with Crippen LogP contribution >= 0.6 is 11.3 Å². The van der Waals surface area contributed by atoms with Gasteiger partial charge in [-0.25, -0.2) is 13.8 Å². The number of nitrogens with zero attached hydrogens (tertiary/aromatic N) is 4. The molecular formula is C26H25F2N5OS. The molecule has 1 atom stereocenters. The van der Waals surface area contributed by atoms with E-state index in [9.17, 15) is 9.18 Å². The van der Waals surface area contributed by atoms with Gasteiger partial charge in [-0.05, 0) is 74.0 Å². The van der Waals surface area contributed by atoms with Gasteiger partial charge >= 0.3 is 0 Å². The first-order valence-corrected chi connectivity index (χ1v) is 12.5. The quantitative estimate of drug-likeness (QED) is 0.409. The first-order chi connectivity index (χ1) is 17.0. The fourth-order valence-electron chi connectivity index (χ4n) is 4.59. The van der Waals surface area contributed by atoms with E-state index in [1.807, 2.05) is 6.92 Å². The van der Waals surface area contributed by atoms with Crippen molar-refractivity contribution in [1.29, 1.82) is 0 Å². The molecule has 0 bridgehead atoms. The van der Waals surface area contributed by atoms with Gasteiger partial charge in [0.25, 0.3) is 5.91 Å². The lowest BCUT2D eigenvalue weighted by Crippen LogP contribution is -2.49. The van der Waals surface area contributed by atoms with Crippen molar-refractivity contribution in [2.45, 2.75) is 39.2 Å². The largest absolute Gasteiger partial charge is 0.315 e. The Morgan fingerprint density at radius 1 is 1.20 bits per heavy atom. The standard InChI is InChI=1S/C26H25F2N5OS/c1-3-22-31-32-25(35-22)17-6-7-20(21(28)13-17)26(34)33(19-5-4-9-29-14-19)24-23-15(2)11-18(27)12-16(23)8-10-30-24/h6-8,10-13,19,29H,3-5,9,14H2,1-2H3/t19-/m1/s1. The Kier molecular flexibility index (Phi) is 6.53. The fourth-order valence-corrected chi connectivity index (χ4v) is 5.37. The highest BCUT2D eigenvalue weighted by atomic mass is 32.1. The summed E-state index contributed by atoms with van der Waals surface area (Å²) < 4.78 is 29.5. The van der Waals surface area contributed by atoms with Gasteiger partial charge in [-0.3, -0.25) is 9.69 Å². The number of pyridine rings is 1. The highest BCUT2D eigenvalue weighted by Gasteiger charge is 2.32. The lowest BCUT2D eigenvalue weighted by atomic mass is 10.0. The van der Waals surface area contributed by atoms with Crippen molar-refractivity contribution in [2.75, 3.05) is 18.0 Å². The molecule has 9 heteroatoms. The zero-order valence-electron chi connectivity index (χ0n) is 19.5. The molecule has 4 aromatic rings. The number of carbonyl (C=O) groups is 1. The summed E-state index contributed by atoms with van der Waals surface area (Å²) in [4.78, 5) is 20.0. The SMILES string of the molecule is CCc1nnc(-c2ccc(C(=O)N(c3nccc4cc(F)cc(C)c34)[C@@H]3CCCNC3)c(F)c2)s1. The highest BCUT2D eigenvalue weighted by Crippen LogP contribution is 2.33. The number of hydrogen-bond donors (Lipinski definition) is 1. The molecule has 0 radical (unpaired) electrons. The summed E-state index contributed by atoms with van der Waals surface area (Å²) >= 11 is 1.41. The molecule has 0 unspecified atom stereocenters. The van der Waals surface area contributed by atoms with Crippen molar-refractivity contribution in [3.63, 3.8) is 0 Å². The average molecular weight is 494 g/mol. The van der Waals surface area contributed by atoms with Gasteiger partial charge < -0.3 is 5.32 Å². The average Bonchev–Trinajstić information content (AvgIpc) is 3.34. The third-order valence-corrected chi connectivity index (χ3v) is 7.42. The van der Waals surface area contributed by atoms with Crippen molar-refractivity contribution in [2.24, 2.45) is 0 Å².